The Hall–Kier alpha value is -1.28. The van der Waals surface area contributed by atoms with Crippen molar-refractivity contribution in [2.24, 2.45) is 0 Å². The molecule has 1 aromatic rings. The first-order valence-corrected chi connectivity index (χ1v) is 6.70. The zero-order chi connectivity index (χ0) is 14.2. The number of hydrogen-bond acceptors (Lipinski definition) is 7. The topological polar surface area (TPSA) is 85.7 Å². The molecule has 0 unspecified atom stereocenters. The van der Waals surface area contributed by atoms with Crippen LogP contribution >= 0.6 is 0 Å². The predicted octanol–water partition coefficient (Wildman–Crippen LogP) is 0.201. The lowest BCUT2D eigenvalue weighted by atomic mass is 10.1. The van der Waals surface area contributed by atoms with Gasteiger partial charge in [-0.15, -0.1) is 0 Å². The van der Waals surface area contributed by atoms with Gasteiger partial charge in [0.1, 0.15) is 12.1 Å². The van der Waals surface area contributed by atoms with Gasteiger partial charge in [0.15, 0.2) is 0 Å². The standard InChI is InChI=1S/C13H21N3O4/c1-18-7-10-6-13(15-9-14-10)16-11-8-19-4-2-12(11)20-5-3-17/h6,9,11-12,17H,2-5,7-8H2,1H3,(H,14,15,16)/t11-,12+/m1/s1. The van der Waals surface area contributed by atoms with Gasteiger partial charge in [-0.3, -0.25) is 0 Å². The van der Waals surface area contributed by atoms with Gasteiger partial charge in [-0.2, -0.15) is 0 Å². The summed E-state index contributed by atoms with van der Waals surface area (Å²) in [4.78, 5) is 8.31. The van der Waals surface area contributed by atoms with Crippen LogP contribution in [-0.2, 0) is 20.8 Å². The van der Waals surface area contributed by atoms with Crippen LogP contribution in [0, 0.1) is 0 Å². The fourth-order valence-electron chi connectivity index (χ4n) is 2.15. The molecule has 2 heterocycles. The molecule has 0 bridgehead atoms. The molecule has 0 saturated carbocycles. The van der Waals surface area contributed by atoms with Gasteiger partial charge in [-0.05, 0) is 6.42 Å². The van der Waals surface area contributed by atoms with Crippen molar-refractivity contribution in [1.82, 2.24) is 9.97 Å². The Kier molecular flexibility index (Phi) is 6.13. The Morgan fingerprint density at radius 2 is 2.40 bits per heavy atom. The van der Waals surface area contributed by atoms with Crippen LogP contribution in [0.15, 0.2) is 12.4 Å². The zero-order valence-corrected chi connectivity index (χ0v) is 11.6. The third-order valence-corrected chi connectivity index (χ3v) is 3.07. The molecule has 0 aromatic carbocycles. The molecule has 0 spiro atoms. The molecule has 0 aliphatic carbocycles. The molecular formula is C13H21N3O4. The van der Waals surface area contributed by atoms with E-state index in [1.807, 2.05) is 6.07 Å². The first kappa shape index (κ1) is 15.1. The summed E-state index contributed by atoms with van der Waals surface area (Å²) in [5.41, 5.74) is 0.814. The Bertz CT molecular complexity index is 405. The summed E-state index contributed by atoms with van der Waals surface area (Å²) in [5, 5.41) is 12.2. The number of nitrogens with one attached hydrogen (secondary N) is 1. The van der Waals surface area contributed by atoms with E-state index in [2.05, 4.69) is 15.3 Å². The third-order valence-electron chi connectivity index (χ3n) is 3.07. The average Bonchev–Trinajstić information content (AvgIpc) is 2.47. The number of anilines is 1. The van der Waals surface area contributed by atoms with E-state index in [0.29, 0.717) is 26.4 Å². The number of aliphatic hydroxyl groups is 1. The number of hydrogen-bond donors (Lipinski definition) is 2. The molecule has 7 heteroatoms. The lowest BCUT2D eigenvalue weighted by Gasteiger charge is -2.32. The minimum atomic E-state index is 0.0109. The van der Waals surface area contributed by atoms with Gasteiger partial charge in [0.25, 0.3) is 0 Å². The maximum Gasteiger partial charge on any atom is 0.130 e. The molecule has 112 valence electrons. The summed E-state index contributed by atoms with van der Waals surface area (Å²) >= 11 is 0. The summed E-state index contributed by atoms with van der Waals surface area (Å²) in [7, 11) is 1.63. The molecule has 1 fully saturated rings. The minimum Gasteiger partial charge on any atom is -0.394 e. The van der Waals surface area contributed by atoms with E-state index in [-0.39, 0.29) is 18.8 Å². The smallest absolute Gasteiger partial charge is 0.130 e. The van der Waals surface area contributed by atoms with E-state index in [1.54, 1.807) is 7.11 Å². The Morgan fingerprint density at radius 1 is 1.50 bits per heavy atom. The third kappa shape index (κ3) is 4.38. The van der Waals surface area contributed by atoms with E-state index in [1.165, 1.54) is 6.33 Å². The molecule has 1 aromatic heterocycles. The second kappa shape index (κ2) is 8.11. The highest BCUT2D eigenvalue weighted by molar-refractivity contribution is 5.36. The fourth-order valence-corrected chi connectivity index (χ4v) is 2.15. The molecule has 20 heavy (non-hydrogen) atoms. The Balaban J connectivity index is 1.96. The summed E-state index contributed by atoms with van der Waals surface area (Å²) in [6.07, 6.45) is 2.31. The lowest BCUT2D eigenvalue weighted by Crippen LogP contribution is -2.44. The quantitative estimate of drug-likeness (QED) is 0.739. The number of rotatable bonds is 7. The average molecular weight is 283 g/mol. The van der Waals surface area contributed by atoms with Gasteiger partial charge in [0.05, 0.1) is 44.3 Å². The van der Waals surface area contributed by atoms with Crippen LogP contribution in [0.3, 0.4) is 0 Å². The van der Waals surface area contributed by atoms with Crippen LogP contribution in [0.1, 0.15) is 12.1 Å². The minimum absolute atomic E-state index is 0.0109. The number of nitrogens with zero attached hydrogens (tertiary/aromatic N) is 2. The van der Waals surface area contributed by atoms with E-state index in [9.17, 15) is 0 Å². The molecular weight excluding hydrogens is 262 g/mol. The molecule has 2 rings (SSSR count). The number of methoxy groups -OCH3 is 1. The van der Waals surface area contributed by atoms with E-state index >= 15 is 0 Å². The fraction of sp³-hybridized carbons (Fsp3) is 0.692. The monoisotopic (exact) mass is 283 g/mol. The Morgan fingerprint density at radius 3 is 3.20 bits per heavy atom. The summed E-state index contributed by atoms with van der Waals surface area (Å²) in [5.74, 6) is 0.722. The molecule has 2 atom stereocenters. The number of ether oxygens (including phenoxy) is 3. The van der Waals surface area contributed by atoms with Crippen LogP contribution in [-0.4, -0.2) is 60.8 Å². The van der Waals surface area contributed by atoms with Gasteiger partial charge in [-0.1, -0.05) is 0 Å². The largest absolute Gasteiger partial charge is 0.394 e. The van der Waals surface area contributed by atoms with E-state index in [0.717, 1.165) is 17.9 Å². The zero-order valence-electron chi connectivity index (χ0n) is 11.6. The molecule has 2 N–H and O–H groups in total. The first-order valence-electron chi connectivity index (χ1n) is 6.70. The number of aliphatic hydroxyl groups excluding tert-OH is 1. The van der Waals surface area contributed by atoms with Gasteiger partial charge in [-0.25, -0.2) is 9.97 Å². The van der Waals surface area contributed by atoms with Crippen molar-refractivity contribution in [3.8, 4) is 0 Å². The SMILES string of the molecule is COCc1cc(N[C@@H]2COCC[C@@H]2OCCO)ncn1. The van der Waals surface area contributed by atoms with Gasteiger partial charge in [0.2, 0.25) is 0 Å². The summed E-state index contributed by atoms with van der Waals surface area (Å²) < 4.78 is 16.2. The molecule has 7 nitrogen and oxygen atoms in total. The first-order chi connectivity index (χ1) is 9.83. The maximum absolute atomic E-state index is 8.86. The maximum atomic E-state index is 8.86. The van der Waals surface area contributed by atoms with Crippen molar-refractivity contribution in [3.05, 3.63) is 18.1 Å². The van der Waals surface area contributed by atoms with E-state index < -0.39 is 0 Å². The predicted molar refractivity (Wildman–Crippen MR) is 72.4 cm³/mol. The second-order valence-corrected chi connectivity index (χ2v) is 4.57. The van der Waals surface area contributed by atoms with Crippen LogP contribution in [0.25, 0.3) is 0 Å². The normalized spacial score (nSPS) is 22.7. The van der Waals surface area contributed by atoms with Crippen LogP contribution in [0.4, 0.5) is 5.82 Å². The van der Waals surface area contributed by atoms with Crippen molar-refractivity contribution >= 4 is 5.82 Å². The van der Waals surface area contributed by atoms with Gasteiger partial charge in [0, 0.05) is 19.8 Å². The van der Waals surface area contributed by atoms with Crippen molar-refractivity contribution < 1.29 is 19.3 Å². The van der Waals surface area contributed by atoms with Gasteiger partial charge >= 0.3 is 0 Å². The van der Waals surface area contributed by atoms with Crippen molar-refractivity contribution in [2.75, 3.05) is 38.9 Å². The van der Waals surface area contributed by atoms with Gasteiger partial charge < -0.3 is 24.6 Å². The highest BCUT2D eigenvalue weighted by Crippen LogP contribution is 2.16. The van der Waals surface area contributed by atoms with Crippen molar-refractivity contribution in [2.45, 2.75) is 25.2 Å². The Labute approximate surface area is 118 Å². The molecule has 1 aliphatic rings. The second-order valence-electron chi connectivity index (χ2n) is 4.57. The highest BCUT2D eigenvalue weighted by Gasteiger charge is 2.26. The molecule has 0 radical (unpaired) electrons. The van der Waals surface area contributed by atoms with Crippen LogP contribution < -0.4 is 5.32 Å². The summed E-state index contributed by atoms with van der Waals surface area (Å²) in [6.45, 7) is 2.03. The lowest BCUT2D eigenvalue weighted by molar-refractivity contribution is -0.0492. The molecule has 1 aliphatic heterocycles. The van der Waals surface area contributed by atoms with Crippen molar-refractivity contribution in [1.29, 1.82) is 0 Å². The van der Waals surface area contributed by atoms with Crippen molar-refractivity contribution in [3.63, 3.8) is 0 Å². The van der Waals surface area contributed by atoms with Crippen LogP contribution in [0.2, 0.25) is 0 Å². The number of aromatic nitrogens is 2. The molecule has 1 saturated heterocycles. The molecule has 0 amide bonds. The van der Waals surface area contributed by atoms with E-state index in [4.69, 9.17) is 19.3 Å². The van der Waals surface area contributed by atoms with Crippen LogP contribution in [0.5, 0.6) is 0 Å². The summed E-state index contributed by atoms with van der Waals surface area (Å²) in [6, 6.07) is 1.86. The highest BCUT2D eigenvalue weighted by atomic mass is 16.5.